The SMILES string of the molecule is Cc1cccc(C(=O)NC(Cc2cnc[nH]2)C(=O)O)c1C. The van der Waals surface area contributed by atoms with Crippen LogP contribution < -0.4 is 5.32 Å². The van der Waals surface area contributed by atoms with Gasteiger partial charge in [-0.2, -0.15) is 0 Å². The molecule has 0 aliphatic heterocycles. The van der Waals surface area contributed by atoms with Gasteiger partial charge in [-0.25, -0.2) is 9.78 Å². The van der Waals surface area contributed by atoms with Crippen molar-refractivity contribution >= 4 is 11.9 Å². The van der Waals surface area contributed by atoms with E-state index < -0.39 is 12.0 Å². The number of carboxylic acid groups (broad SMARTS) is 1. The van der Waals surface area contributed by atoms with Crippen LogP contribution in [0.15, 0.2) is 30.7 Å². The van der Waals surface area contributed by atoms with Gasteiger partial charge in [-0.15, -0.1) is 0 Å². The molecule has 6 nitrogen and oxygen atoms in total. The van der Waals surface area contributed by atoms with E-state index in [2.05, 4.69) is 15.3 Å². The molecule has 0 radical (unpaired) electrons. The van der Waals surface area contributed by atoms with Crippen molar-refractivity contribution in [3.8, 4) is 0 Å². The molecule has 110 valence electrons. The number of hydrogen-bond acceptors (Lipinski definition) is 3. The van der Waals surface area contributed by atoms with E-state index in [-0.39, 0.29) is 12.3 Å². The number of benzene rings is 1. The third-order valence-electron chi connectivity index (χ3n) is 3.43. The molecule has 0 saturated carbocycles. The molecule has 0 aliphatic rings. The largest absolute Gasteiger partial charge is 0.480 e. The lowest BCUT2D eigenvalue weighted by molar-refractivity contribution is -0.139. The minimum atomic E-state index is -1.08. The van der Waals surface area contributed by atoms with Crippen molar-refractivity contribution in [3.05, 3.63) is 53.1 Å². The zero-order valence-electron chi connectivity index (χ0n) is 11.9. The highest BCUT2D eigenvalue weighted by atomic mass is 16.4. The predicted molar refractivity (Wildman–Crippen MR) is 77.1 cm³/mol. The zero-order valence-corrected chi connectivity index (χ0v) is 11.9. The van der Waals surface area contributed by atoms with Crippen LogP contribution >= 0.6 is 0 Å². The van der Waals surface area contributed by atoms with E-state index in [9.17, 15) is 14.7 Å². The van der Waals surface area contributed by atoms with Crippen LogP contribution in [0.1, 0.15) is 27.2 Å². The van der Waals surface area contributed by atoms with Gasteiger partial charge in [0.1, 0.15) is 6.04 Å². The fourth-order valence-corrected chi connectivity index (χ4v) is 2.05. The summed E-state index contributed by atoms with van der Waals surface area (Å²) in [7, 11) is 0. The van der Waals surface area contributed by atoms with Gasteiger partial charge in [-0.1, -0.05) is 12.1 Å². The van der Waals surface area contributed by atoms with Crippen LogP contribution in [-0.2, 0) is 11.2 Å². The van der Waals surface area contributed by atoms with Crippen molar-refractivity contribution in [2.45, 2.75) is 26.3 Å². The maximum Gasteiger partial charge on any atom is 0.326 e. The first-order chi connectivity index (χ1) is 9.99. The van der Waals surface area contributed by atoms with E-state index in [1.54, 1.807) is 18.3 Å². The van der Waals surface area contributed by atoms with Crippen LogP contribution in [-0.4, -0.2) is 33.0 Å². The molecule has 2 rings (SSSR count). The van der Waals surface area contributed by atoms with Crippen LogP contribution in [0.2, 0.25) is 0 Å². The van der Waals surface area contributed by atoms with E-state index in [4.69, 9.17) is 0 Å². The van der Waals surface area contributed by atoms with Gasteiger partial charge in [0.2, 0.25) is 0 Å². The summed E-state index contributed by atoms with van der Waals surface area (Å²) in [5.41, 5.74) is 2.98. The van der Waals surface area contributed by atoms with E-state index in [1.165, 1.54) is 6.33 Å². The molecule has 1 aromatic carbocycles. The second-order valence-electron chi connectivity index (χ2n) is 4.89. The minimum Gasteiger partial charge on any atom is -0.480 e. The molecule has 2 aromatic rings. The van der Waals surface area contributed by atoms with Crippen molar-refractivity contribution < 1.29 is 14.7 Å². The van der Waals surface area contributed by atoms with Gasteiger partial charge in [0.25, 0.3) is 5.91 Å². The van der Waals surface area contributed by atoms with Gasteiger partial charge in [0, 0.05) is 23.9 Å². The molecular weight excluding hydrogens is 270 g/mol. The van der Waals surface area contributed by atoms with Gasteiger partial charge >= 0.3 is 5.97 Å². The number of amides is 1. The molecule has 6 heteroatoms. The van der Waals surface area contributed by atoms with Crippen molar-refractivity contribution in [1.29, 1.82) is 0 Å². The summed E-state index contributed by atoms with van der Waals surface area (Å²) in [6, 6.07) is 4.37. The summed E-state index contributed by atoms with van der Waals surface area (Å²) < 4.78 is 0. The van der Waals surface area contributed by atoms with Crippen LogP contribution in [0, 0.1) is 13.8 Å². The van der Waals surface area contributed by atoms with E-state index in [1.807, 2.05) is 19.9 Å². The minimum absolute atomic E-state index is 0.159. The predicted octanol–water partition coefficient (Wildman–Crippen LogP) is 1.45. The monoisotopic (exact) mass is 287 g/mol. The number of nitrogens with one attached hydrogen (secondary N) is 2. The standard InChI is InChI=1S/C15H17N3O3/c1-9-4-3-5-12(10(9)2)14(19)18-13(15(20)21)6-11-7-16-8-17-11/h3-5,7-8,13H,6H2,1-2H3,(H,16,17)(H,18,19)(H,20,21). The fourth-order valence-electron chi connectivity index (χ4n) is 2.05. The first kappa shape index (κ1) is 14.8. The quantitative estimate of drug-likeness (QED) is 0.775. The Kier molecular flexibility index (Phi) is 4.37. The number of H-pyrrole nitrogens is 1. The molecule has 0 bridgehead atoms. The Hall–Kier alpha value is -2.63. The van der Waals surface area contributed by atoms with Gasteiger partial charge < -0.3 is 15.4 Å². The van der Waals surface area contributed by atoms with Crippen LogP contribution in [0.3, 0.4) is 0 Å². The maximum absolute atomic E-state index is 12.3. The smallest absolute Gasteiger partial charge is 0.326 e. The second kappa shape index (κ2) is 6.21. The number of aromatic amines is 1. The average Bonchev–Trinajstić information content (AvgIpc) is 2.93. The Morgan fingerprint density at radius 1 is 1.38 bits per heavy atom. The average molecular weight is 287 g/mol. The first-order valence-corrected chi connectivity index (χ1v) is 6.56. The van der Waals surface area contributed by atoms with Crippen LogP contribution in [0.4, 0.5) is 0 Å². The molecule has 1 atom stereocenters. The topological polar surface area (TPSA) is 95.1 Å². The highest BCUT2D eigenvalue weighted by Gasteiger charge is 2.22. The summed E-state index contributed by atoms with van der Waals surface area (Å²) >= 11 is 0. The maximum atomic E-state index is 12.3. The summed E-state index contributed by atoms with van der Waals surface area (Å²) in [4.78, 5) is 30.2. The number of aryl methyl sites for hydroxylation is 1. The van der Waals surface area contributed by atoms with Gasteiger partial charge in [-0.05, 0) is 31.0 Å². The van der Waals surface area contributed by atoms with Gasteiger partial charge in [0.15, 0.2) is 0 Å². The fraction of sp³-hybridized carbons (Fsp3) is 0.267. The number of carboxylic acids is 1. The normalized spacial score (nSPS) is 11.9. The van der Waals surface area contributed by atoms with Gasteiger partial charge in [-0.3, -0.25) is 4.79 Å². The molecule has 1 aromatic heterocycles. The molecule has 3 N–H and O–H groups in total. The molecule has 0 fully saturated rings. The molecule has 0 saturated heterocycles. The Morgan fingerprint density at radius 2 is 2.14 bits per heavy atom. The summed E-state index contributed by atoms with van der Waals surface area (Å²) in [6.07, 6.45) is 3.17. The Bertz CT molecular complexity index is 650. The third-order valence-corrected chi connectivity index (χ3v) is 3.43. The highest BCUT2D eigenvalue weighted by molar-refractivity contribution is 5.98. The summed E-state index contributed by atoms with van der Waals surface area (Å²) in [5, 5.41) is 11.8. The Morgan fingerprint density at radius 3 is 2.76 bits per heavy atom. The molecule has 21 heavy (non-hydrogen) atoms. The van der Waals surface area contributed by atoms with Crippen molar-refractivity contribution in [2.75, 3.05) is 0 Å². The number of aromatic nitrogens is 2. The lowest BCUT2D eigenvalue weighted by atomic mass is 10.0. The molecule has 1 amide bonds. The summed E-state index contributed by atoms with van der Waals surface area (Å²) in [6.45, 7) is 3.75. The van der Waals surface area contributed by atoms with E-state index in [0.29, 0.717) is 11.3 Å². The number of nitrogens with zero attached hydrogens (tertiary/aromatic N) is 1. The lowest BCUT2D eigenvalue weighted by Crippen LogP contribution is -2.42. The second-order valence-corrected chi connectivity index (χ2v) is 4.89. The van der Waals surface area contributed by atoms with Crippen LogP contribution in [0.25, 0.3) is 0 Å². The van der Waals surface area contributed by atoms with Crippen molar-refractivity contribution in [3.63, 3.8) is 0 Å². The molecular formula is C15H17N3O3. The number of imidazole rings is 1. The first-order valence-electron chi connectivity index (χ1n) is 6.56. The number of rotatable bonds is 5. The van der Waals surface area contributed by atoms with Gasteiger partial charge in [0.05, 0.1) is 6.33 Å². The molecule has 1 heterocycles. The Balaban J connectivity index is 2.15. The molecule has 0 spiro atoms. The lowest BCUT2D eigenvalue weighted by Gasteiger charge is -2.15. The van der Waals surface area contributed by atoms with Crippen molar-refractivity contribution in [1.82, 2.24) is 15.3 Å². The highest BCUT2D eigenvalue weighted by Crippen LogP contribution is 2.13. The molecule has 1 unspecified atom stereocenters. The Labute approximate surface area is 122 Å². The molecule has 0 aliphatic carbocycles. The third kappa shape index (κ3) is 3.47. The van der Waals surface area contributed by atoms with E-state index in [0.717, 1.165) is 11.1 Å². The number of carbonyl (C=O) groups excluding carboxylic acids is 1. The zero-order chi connectivity index (χ0) is 15.4. The summed E-state index contributed by atoms with van der Waals surface area (Å²) in [5.74, 6) is -1.47. The van der Waals surface area contributed by atoms with E-state index >= 15 is 0 Å². The number of carbonyl (C=O) groups is 2. The van der Waals surface area contributed by atoms with Crippen molar-refractivity contribution in [2.24, 2.45) is 0 Å². The number of aliphatic carboxylic acids is 1. The van der Waals surface area contributed by atoms with Crippen LogP contribution in [0.5, 0.6) is 0 Å². The number of hydrogen-bond donors (Lipinski definition) is 3.